The molecule has 0 saturated carbocycles. The predicted octanol–water partition coefficient (Wildman–Crippen LogP) is 1.32. The van der Waals surface area contributed by atoms with E-state index >= 15 is 0 Å². The molecule has 86 valence electrons. The second-order valence-electron chi connectivity index (χ2n) is 2.08. The summed E-state index contributed by atoms with van der Waals surface area (Å²) in [5.41, 5.74) is 0. The Hall–Kier alpha value is 1.03. The minimum atomic E-state index is -3.13. The van der Waals surface area contributed by atoms with Gasteiger partial charge in [-0.1, -0.05) is 6.92 Å². The molecule has 5 nitrogen and oxygen atoms in total. The van der Waals surface area contributed by atoms with Crippen molar-refractivity contribution in [2.45, 2.75) is 20.8 Å². The van der Waals surface area contributed by atoms with Crippen molar-refractivity contribution in [3.05, 3.63) is 0 Å². The van der Waals surface area contributed by atoms with Gasteiger partial charge in [0, 0.05) is 6.16 Å². The van der Waals surface area contributed by atoms with Crippen LogP contribution in [0.2, 0.25) is 0 Å². The summed E-state index contributed by atoms with van der Waals surface area (Å²) in [6.07, 6.45) is 0.229. The van der Waals surface area contributed by atoms with Crippen LogP contribution in [0, 0.1) is 0 Å². The largest absolute Gasteiger partial charge is 0.337 e. The summed E-state index contributed by atoms with van der Waals surface area (Å²) in [5.74, 6) is 0. The summed E-state index contributed by atoms with van der Waals surface area (Å²) in [4.78, 5) is 9.11. The first kappa shape index (κ1) is 17.4. The van der Waals surface area contributed by atoms with Crippen molar-refractivity contribution in [2.75, 3.05) is 19.4 Å². The van der Waals surface area contributed by atoms with E-state index in [0.29, 0.717) is 13.2 Å². The molecular weight excluding hydrogens is 241 g/mol. The Bertz CT molecular complexity index is 180. The summed E-state index contributed by atoms with van der Waals surface area (Å²) >= 11 is 0. The Morgan fingerprint density at radius 1 is 1.29 bits per heavy atom. The molecule has 0 aromatic heterocycles. The Morgan fingerprint density at radius 2 is 1.86 bits per heavy atom. The van der Waals surface area contributed by atoms with E-state index in [1.165, 1.54) is 0 Å². The third-order valence-corrected chi connectivity index (χ3v) is 4.61. The topological polar surface area (TPSA) is 65.0 Å². The molecule has 0 saturated heterocycles. The SMILES string of the molecule is CCOP(O)OP(=O)(CC)OCC.[AlH3]. The van der Waals surface area contributed by atoms with E-state index in [2.05, 4.69) is 0 Å². The molecule has 0 aliphatic rings. The fourth-order valence-corrected chi connectivity index (χ4v) is 3.10. The fraction of sp³-hybridized carbons (Fsp3) is 1.00. The van der Waals surface area contributed by atoms with Gasteiger partial charge in [-0.25, -0.2) is 4.31 Å². The molecule has 0 rings (SSSR count). The van der Waals surface area contributed by atoms with E-state index in [4.69, 9.17) is 18.3 Å². The minimum absolute atomic E-state index is 0. The zero-order valence-corrected chi connectivity index (χ0v) is 9.88. The van der Waals surface area contributed by atoms with E-state index in [1.54, 1.807) is 20.8 Å². The van der Waals surface area contributed by atoms with Gasteiger partial charge in [0.1, 0.15) is 0 Å². The maximum absolute atomic E-state index is 11.6. The summed E-state index contributed by atoms with van der Waals surface area (Å²) in [6.45, 7) is 5.71. The molecule has 14 heavy (non-hydrogen) atoms. The van der Waals surface area contributed by atoms with Gasteiger partial charge in [-0.15, -0.1) is 0 Å². The Morgan fingerprint density at radius 3 is 2.21 bits per heavy atom. The lowest BCUT2D eigenvalue weighted by Crippen LogP contribution is -1.96. The quantitative estimate of drug-likeness (QED) is 0.552. The van der Waals surface area contributed by atoms with Crippen LogP contribution in [0.25, 0.3) is 0 Å². The van der Waals surface area contributed by atoms with Gasteiger partial charge in [0.05, 0.1) is 13.2 Å². The van der Waals surface area contributed by atoms with Gasteiger partial charge in [0.15, 0.2) is 17.4 Å². The summed E-state index contributed by atoms with van der Waals surface area (Å²) in [6, 6.07) is 0. The van der Waals surface area contributed by atoms with E-state index in [1.807, 2.05) is 0 Å². The zero-order chi connectivity index (χ0) is 10.3. The van der Waals surface area contributed by atoms with Gasteiger partial charge in [-0.05, 0) is 13.8 Å². The Kier molecular flexibility index (Phi) is 11.5. The first-order valence-electron chi connectivity index (χ1n) is 4.13. The molecule has 0 aliphatic carbocycles. The average Bonchev–Trinajstić information content (AvgIpc) is 2.05. The number of rotatable bonds is 7. The molecule has 0 aromatic rings. The first-order valence-corrected chi connectivity index (χ1v) is 6.99. The molecule has 0 fully saturated rings. The standard InChI is InChI=1S/C6H16O5P2.Al.3H/c1-4-9-12(7)11-13(8,6-3)10-5-2;;;;/h7H,4-6H2,1-3H3;;;;. The molecule has 0 aromatic carbocycles. The van der Waals surface area contributed by atoms with Crippen LogP contribution in [0.1, 0.15) is 20.8 Å². The van der Waals surface area contributed by atoms with Crippen molar-refractivity contribution >= 4 is 33.6 Å². The molecule has 8 heteroatoms. The summed E-state index contributed by atoms with van der Waals surface area (Å²) < 4.78 is 26.0. The van der Waals surface area contributed by atoms with Crippen molar-refractivity contribution in [2.24, 2.45) is 0 Å². The molecule has 2 atom stereocenters. The van der Waals surface area contributed by atoms with E-state index in [0.717, 1.165) is 0 Å². The van der Waals surface area contributed by atoms with Crippen LogP contribution in [-0.4, -0.2) is 41.6 Å². The third kappa shape index (κ3) is 7.34. The highest BCUT2D eigenvalue weighted by Gasteiger charge is 2.26. The highest BCUT2D eigenvalue weighted by atomic mass is 31.2. The van der Waals surface area contributed by atoms with Crippen molar-refractivity contribution in [3.63, 3.8) is 0 Å². The van der Waals surface area contributed by atoms with Gasteiger partial charge in [-0.3, -0.25) is 4.57 Å². The summed E-state index contributed by atoms with van der Waals surface area (Å²) in [7, 11) is -5.21. The van der Waals surface area contributed by atoms with Crippen LogP contribution in [0.5, 0.6) is 0 Å². The lowest BCUT2D eigenvalue weighted by molar-refractivity contribution is 0.236. The molecule has 0 radical (unpaired) electrons. The number of hydrogen-bond acceptors (Lipinski definition) is 5. The van der Waals surface area contributed by atoms with Crippen LogP contribution in [0.15, 0.2) is 0 Å². The van der Waals surface area contributed by atoms with Crippen LogP contribution in [0.3, 0.4) is 0 Å². The van der Waals surface area contributed by atoms with Crippen LogP contribution in [0.4, 0.5) is 0 Å². The van der Waals surface area contributed by atoms with Gasteiger partial charge in [-0.2, -0.15) is 0 Å². The lowest BCUT2D eigenvalue weighted by atomic mass is 10.9. The predicted molar refractivity (Wildman–Crippen MR) is 61.6 cm³/mol. The molecule has 0 heterocycles. The summed E-state index contributed by atoms with van der Waals surface area (Å²) in [5, 5.41) is 0. The van der Waals surface area contributed by atoms with Crippen LogP contribution >= 0.6 is 16.2 Å². The Labute approximate surface area is 96.8 Å². The maximum atomic E-state index is 11.6. The van der Waals surface area contributed by atoms with Gasteiger partial charge in [0.25, 0.3) is 0 Å². The molecule has 0 aliphatic heterocycles. The van der Waals surface area contributed by atoms with E-state index < -0.39 is 16.2 Å². The second-order valence-corrected chi connectivity index (χ2v) is 5.58. The monoisotopic (exact) mass is 260 g/mol. The molecule has 0 amide bonds. The molecule has 0 bridgehead atoms. The smallest absolute Gasteiger partial charge is 0.328 e. The van der Waals surface area contributed by atoms with Gasteiger partial charge in [0.2, 0.25) is 0 Å². The fourth-order valence-electron chi connectivity index (χ4n) is 0.610. The number of hydrogen-bond donors (Lipinski definition) is 1. The van der Waals surface area contributed by atoms with Crippen molar-refractivity contribution < 1.29 is 22.8 Å². The van der Waals surface area contributed by atoms with Crippen molar-refractivity contribution in [3.8, 4) is 0 Å². The van der Waals surface area contributed by atoms with Crippen LogP contribution in [-0.2, 0) is 17.9 Å². The van der Waals surface area contributed by atoms with Crippen LogP contribution < -0.4 is 0 Å². The first-order chi connectivity index (χ1) is 6.08. The maximum Gasteiger partial charge on any atom is 0.337 e. The second kappa shape index (κ2) is 9.27. The molecule has 1 N–H and O–H groups in total. The minimum Gasteiger partial charge on any atom is -0.328 e. The van der Waals surface area contributed by atoms with Crippen molar-refractivity contribution in [1.29, 1.82) is 0 Å². The highest BCUT2D eigenvalue weighted by Crippen LogP contribution is 2.58. The third-order valence-electron chi connectivity index (χ3n) is 1.15. The zero-order valence-electron chi connectivity index (χ0n) is 8.10. The van der Waals surface area contributed by atoms with E-state index in [-0.39, 0.29) is 23.5 Å². The van der Waals surface area contributed by atoms with Gasteiger partial charge < -0.3 is 13.9 Å². The van der Waals surface area contributed by atoms with Crippen molar-refractivity contribution in [1.82, 2.24) is 0 Å². The lowest BCUT2D eigenvalue weighted by Gasteiger charge is -2.17. The Balaban J connectivity index is 0. The highest BCUT2D eigenvalue weighted by molar-refractivity contribution is 7.62. The van der Waals surface area contributed by atoms with E-state index in [9.17, 15) is 4.57 Å². The van der Waals surface area contributed by atoms with Gasteiger partial charge >= 0.3 is 16.2 Å². The normalized spacial score (nSPS) is 16.9. The average molecular weight is 260 g/mol. The molecule has 0 spiro atoms. The molecule has 2 unspecified atom stereocenters. The molecular formula is C6H19AlO5P2.